The van der Waals surface area contributed by atoms with Crippen LogP contribution >= 0.6 is 0 Å². The van der Waals surface area contributed by atoms with Crippen LogP contribution in [0.5, 0.6) is 5.75 Å². The zero-order chi connectivity index (χ0) is 12.8. The highest BCUT2D eigenvalue weighted by atomic mass is 19.1. The molecule has 0 spiro atoms. The monoisotopic (exact) mass is 242 g/mol. The van der Waals surface area contributed by atoms with Gasteiger partial charge in [-0.15, -0.1) is 0 Å². The van der Waals surface area contributed by atoms with Gasteiger partial charge in [-0.2, -0.15) is 0 Å². The van der Waals surface area contributed by atoms with Gasteiger partial charge in [-0.25, -0.2) is 4.39 Å². The highest BCUT2D eigenvalue weighted by molar-refractivity contribution is 5.37. The van der Waals surface area contributed by atoms with E-state index in [0.29, 0.717) is 16.9 Å². The average Bonchev–Trinajstić information content (AvgIpc) is 2.31. The second kappa shape index (κ2) is 6.57. The van der Waals surface area contributed by atoms with Gasteiger partial charge in [-0.3, -0.25) is 0 Å². The molecule has 0 heterocycles. The summed E-state index contributed by atoms with van der Waals surface area (Å²) in [7, 11) is 1.55. The van der Waals surface area contributed by atoms with Gasteiger partial charge >= 0.3 is 0 Å². The van der Waals surface area contributed by atoms with Crippen molar-refractivity contribution in [2.45, 2.75) is 26.4 Å². The third-order valence-corrected chi connectivity index (χ3v) is 2.50. The van der Waals surface area contributed by atoms with Crippen LogP contribution in [0.4, 0.5) is 4.39 Å². The summed E-state index contributed by atoms with van der Waals surface area (Å²) < 4.78 is 24.3. The SMILES string of the molecule is COc1cc(COCCO)c(F)c(C(C)C)c1. The highest BCUT2D eigenvalue weighted by Gasteiger charge is 2.14. The molecule has 1 rings (SSSR count). The Morgan fingerprint density at radius 2 is 2.06 bits per heavy atom. The Bertz CT molecular complexity index is 364. The topological polar surface area (TPSA) is 38.7 Å². The molecule has 0 saturated carbocycles. The van der Waals surface area contributed by atoms with Crippen LogP contribution in [0, 0.1) is 5.82 Å². The molecule has 0 fully saturated rings. The molecule has 0 aromatic heterocycles. The minimum Gasteiger partial charge on any atom is -0.497 e. The first-order chi connectivity index (χ1) is 8.10. The fourth-order valence-corrected chi connectivity index (χ4v) is 1.57. The lowest BCUT2D eigenvalue weighted by Crippen LogP contribution is -2.04. The molecule has 0 aliphatic heterocycles. The van der Waals surface area contributed by atoms with Gasteiger partial charge in [-0.05, 0) is 23.6 Å². The summed E-state index contributed by atoms with van der Waals surface area (Å²) in [5, 5.41) is 8.61. The number of aliphatic hydroxyl groups is 1. The summed E-state index contributed by atoms with van der Waals surface area (Å²) in [5.41, 5.74) is 1.08. The Morgan fingerprint density at radius 3 is 2.59 bits per heavy atom. The van der Waals surface area contributed by atoms with E-state index in [0.717, 1.165) is 0 Å². The van der Waals surface area contributed by atoms with Crippen molar-refractivity contribution in [2.24, 2.45) is 0 Å². The van der Waals surface area contributed by atoms with Crippen molar-refractivity contribution in [3.8, 4) is 5.75 Å². The predicted octanol–water partition coefficient (Wildman–Crippen LogP) is 2.47. The molecule has 0 bridgehead atoms. The van der Waals surface area contributed by atoms with E-state index < -0.39 is 0 Å². The summed E-state index contributed by atoms with van der Waals surface area (Å²) in [6, 6.07) is 3.33. The smallest absolute Gasteiger partial charge is 0.132 e. The molecule has 1 N–H and O–H groups in total. The van der Waals surface area contributed by atoms with Crippen LogP contribution in [0.1, 0.15) is 30.9 Å². The first kappa shape index (κ1) is 13.9. The molecule has 96 valence electrons. The fraction of sp³-hybridized carbons (Fsp3) is 0.538. The van der Waals surface area contributed by atoms with Crippen molar-refractivity contribution in [2.75, 3.05) is 20.3 Å². The molecule has 0 atom stereocenters. The summed E-state index contributed by atoms with van der Waals surface area (Å²) >= 11 is 0. The summed E-state index contributed by atoms with van der Waals surface area (Å²) in [5.74, 6) is 0.457. The summed E-state index contributed by atoms with van der Waals surface area (Å²) in [4.78, 5) is 0. The molecular formula is C13H19FO3. The molecule has 0 unspecified atom stereocenters. The van der Waals surface area contributed by atoms with Crippen LogP contribution in [0.25, 0.3) is 0 Å². The molecule has 1 aromatic rings. The number of hydrogen-bond donors (Lipinski definition) is 1. The lowest BCUT2D eigenvalue weighted by molar-refractivity contribution is 0.0797. The number of hydrogen-bond acceptors (Lipinski definition) is 3. The quantitative estimate of drug-likeness (QED) is 0.779. The minimum atomic E-state index is -0.251. The molecule has 0 amide bonds. The maximum atomic E-state index is 14.1. The lowest BCUT2D eigenvalue weighted by atomic mass is 9.99. The molecule has 3 nitrogen and oxygen atoms in total. The third-order valence-electron chi connectivity index (χ3n) is 2.50. The second-order valence-electron chi connectivity index (χ2n) is 4.12. The zero-order valence-electron chi connectivity index (χ0n) is 10.5. The van der Waals surface area contributed by atoms with Gasteiger partial charge in [-0.1, -0.05) is 13.8 Å². The molecule has 0 radical (unpaired) electrons. The van der Waals surface area contributed by atoms with Gasteiger partial charge in [0.25, 0.3) is 0 Å². The van der Waals surface area contributed by atoms with Gasteiger partial charge in [0.05, 0.1) is 26.9 Å². The lowest BCUT2D eigenvalue weighted by Gasteiger charge is -2.13. The van der Waals surface area contributed by atoms with Crippen molar-refractivity contribution in [1.82, 2.24) is 0 Å². The number of ether oxygens (including phenoxy) is 2. The van der Waals surface area contributed by atoms with E-state index in [1.807, 2.05) is 13.8 Å². The molecule has 0 saturated heterocycles. The van der Waals surface area contributed by atoms with Gasteiger partial charge < -0.3 is 14.6 Å². The van der Waals surface area contributed by atoms with E-state index in [1.54, 1.807) is 19.2 Å². The number of aliphatic hydroxyl groups excluding tert-OH is 1. The van der Waals surface area contributed by atoms with Gasteiger partial charge in [0.15, 0.2) is 0 Å². The Balaban J connectivity index is 2.97. The van der Waals surface area contributed by atoms with E-state index in [2.05, 4.69) is 0 Å². The second-order valence-corrected chi connectivity index (χ2v) is 4.12. The first-order valence-corrected chi connectivity index (χ1v) is 5.65. The fourth-order valence-electron chi connectivity index (χ4n) is 1.57. The van der Waals surface area contributed by atoms with Crippen LogP contribution in [0.15, 0.2) is 12.1 Å². The van der Waals surface area contributed by atoms with Gasteiger partial charge in [0.1, 0.15) is 11.6 Å². The first-order valence-electron chi connectivity index (χ1n) is 5.65. The predicted molar refractivity (Wildman–Crippen MR) is 63.8 cm³/mol. The van der Waals surface area contributed by atoms with E-state index >= 15 is 0 Å². The summed E-state index contributed by atoms with van der Waals surface area (Å²) in [6.45, 7) is 4.13. The van der Waals surface area contributed by atoms with E-state index in [4.69, 9.17) is 14.6 Å². The number of rotatable bonds is 6. The van der Waals surface area contributed by atoms with Crippen molar-refractivity contribution >= 4 is 0 Å². The van der Waals surface area contributed by atoms with Crippen molar-refractivity contribution in [3.63, 3.8) is 0 Å². The van der Waals surface area contributed by atoms with Crippen LogP contribution in [-0.2, 0) is 11.3 Å². The highest BCUT2D eigenvalue weighted by Crippen LogP contribution is 2.27. The van der Waals surface area contributed by atoms with Crippen molar-refractivity contribution in [3.05, 3.63) is 29.1 Å². The standard InChI is InChI=1S/C13H19FO3/c1-9(2)12-7-11(16-3)6-10(13(12)14)8-17-5-4-15/h6-7,9,15H,4-5,8H2,1-3H3. The van der Waals surface area contributed by atoms with Crippen LogP contribution in [-0.4, -0.2) is 25.4 Å². The largest absolute Gasteiger partial charge is 0.497 e. The Morgan fingerprint density at radius 1 is 1.35 bits per heavy atom. The van der Waals surface area contributed by atoms with E-state index in [1.165, 1.54) is 0 Å². The Labute approximate surface area is 101 Å². The minimum absolute atomic E-state index is 0.0668. The van der Waals surface area contributed by atoms with E-state index in [-0.39, 0.29) is 31.6 Å². The van der Waals surface area contributed by atoms with Crippen LogP contribution < -0.4 is 4.74 Å². The average molecular weight is 242 g/mol. The molecule has 0 aliphatic carbocycles. The number of benzene rings is 1. The molecule has 1 aromatic carbocycles. The van der Waals surface area contributed by atoms with Gasteiger partial charge in [0, 0.05) is 5.56 Å². The third kappa shape index (κ3) is 3.68. The summed E-state index contributed by atoms with van der Waals surface area (Å²) in [6.07, 6.45) is 0. The van der Waals surface area contributed by atoms with Gasteiger partial charge in [0.2, 0.25) is 0 Å². The Kier molecular flexibility index (Phi) is 5.38. The van der Waals surface area contributed by atoms with Crippen LogP contribution in [0.3, 0.4) is 0 Å². The number of halogens is 1. The maximum absolute atomic E-state index is 14.1. The number of methoxy groups -OCH3 is 1. The van der Waals surface area contributed by atoms with Crippen molar-refractivity contribution in [1.29, 1.82) is 0 Å². The van der Waals surface area contributed by atoms with Crippen LogP contribution in [0.2, 0.25) is 0 Å². The molecular weight excluding hydrogens is 223 g/mol. The normalized spacial score (nSPS) is 10.9. The molecule has 4 heteroatoms. The van der Waals surface area contributed by atoms with E-state index in [9.17, 15) is 4.39 Å². The Hall–Kier alpha value is -1.13. The maximum Gasteiger partial charge on any atom is 0.132 e. The molecule has 0 aliphatic rings. The molecule has 17 heavy (non-hydrogen) atoms. The van der Waals surface area contributed by atoms with Crippen molar-refractivity contribution < 1.29 is 19.0 Å². The zero-order valence-corrected chi connectivity index (χ0v) is 10.5.